The van der Waals surface area contributed by atoms with Crippen molar-refractivity contribution in [2.24, 2.45) is 7.05 Å². The van der Waals surface area contributed by atoms with E-state index in [1.165, 1.54) is 0 Å². The van der Waals surface area contributed by atoms with Crippen molar-refractivity contribution >= 4 is 17.5 Å². The second-order valence-corrected chi connectivity index (χ2v) is 6.90. The van der Waals surface area contributed by atoms with Gasteiger partial charge < -0.3 is 4.90 Å². The number of aromatic nitrogens is 4. The van der Waals surface area contributed by atoms with Crippen LogP contribution in [0.15, 0.2) is 36.7 Å². The predicted octanol–water partition coefficient (Wildman–Crippen LogP) is 2.90. The third-order valence-corrected chi connectivity index (χ3v) is 5.20. The fourth-order valence-corrected chi connectivity index (χ4v) is 3.65. The SMILES string of the molecule is Cc1n[nH]cc1C#CCN1C(=O)c2ccccc2C1Cc1c(Cl)cnn1C. The molecule has 1 amide bonds. The Morgan fingerprint density at radius 1 is 1.33 bits per heavy atom. The monoisotopic (exact) mass is 379 g/mol. The van der Waals surface area contributed by atoms with Gasteiger partial charge in [0.05, 0.1) is 40.8 Å². The fraction of sp³-hybridized carbons (Fsp3) is 0.250. The maximum absolute atomic E-state index is 12.9. The number of nitrogens with zero attached hydrogens (tertiary/aromatic N) is 4. The molecule has 3 aromatic rings. The van der Waals surface area contributed by atoms with Crippen molar-refractivity contribution in [3.05, 3.63) is 69.8 Å². The molecule has 6 nitrogen and oxygen atoms in total. The lowest BCUT2D eigenvalue weighted by atomic mass is 10.0. The maximum atomic E-state index is 12.9. The zero-order chi connectivity index (χ0) is 19.0. The van der Waals surface area contributed by atoms with E-state index in [2.05, 4.69) is 27.1 Å². The average molecular weight is 380 g/mol. The highest BCUT2D eigenvalue weighted by molar-refractivity contribution is 6.31. The zero-order valence-corrected chi connectivity index (χ0v) is 15.8. The summed E-state index contributed by atoms with van der Waals surface area (Å²) >= 11 is 6.30. The number of H-pyrrole nitrogens is 1. The molecule has 0 bridgehead atoms. The highest BCUT2D eigenvalue weighted by atomic mass is 35.5. The van der Waals surface area contributed by atoms with Crippen LogP contribution in [-0.2, 0) is 13.5 Å². The largest absolute Gasteiger partial charge is 0.320 e. The molecule has 136 valence electrons. The molecule has 0 saturated carbocycles. The molecule has 0 saturated heterocycles. The summed E-state index contributed by atoms with van der Waals surface area (Å²) in [6.07, 6.45) is 3.98. The van der Waals surface area contributed by atoms with Crippen LogP contribution in [0.3, 0.4) is 0 Å². The third kappa shape index (κ3) is 3.11. The number of nitrogens with one attached hydrogen (secondary N) is 1. The van der Waals surface area contributed by atoms with E-state index in [9.17, 15) is 4.79 Å². The number of aryl methyl sites for hydroxylation is 2. The minimum atomic E-state index is -0.124. The molecule has 0 aliphatic carbocycles. The Labute approximate surface area is 162 Å². The maximum Gasteiger partial charge on any atom is 0.255 e. The summed E-state index contributed by atoms with van der Waals surface area (Å²) in [4.78, 5) is 14.8. The number of rotatable bonds is 3. The molecule has 0 radical (unpaired) electrons. The Balaban J connectivity index is 1.65. The van der Waals surface area contributed by atoms with Gasteiger partial charge in [0.15, 0.2) is 0 Å². The molecule has 2 aromatic heterocycles. The van der Waals surface area contributed by atoms with Crippen molar-refractivity contribution in [2.45, 2.75) is 19.4 Å². The van der Waals surface area contributed by atoms with Gasteiger partial charge in [0.1, 0.15) is 0 Å². The Morgan fingerprint density at radius 2 is 2.15 bits per heavy atom. The van der Waals surface area contributed by atoms with Crippen molar-refractivity contribution in [3.8, 4) is 11.8 Å². The van der Waals surface area contributed by atoms with Crippen LogP contribution in [0.4, 0.5) is 0 Å². The van der Waals surface area contributed by atoms with E-state index in [0.29, 0.717) is 18.0 Å². The van der Waals surface area contributed by atoms with Gasteiger partial charge in [-0.3, -0.25) is 14.6 Å². The van der Waals surface area contributed by atoms with E-state index >= 15 is 0 Å². The van der Waals surface area contributed by atoms with Crippen molar-refractivity contribution in [2.75, 3.05) is 6.54 Å². The van der Waals surface area contributed by atoms with E-state index in [0.717, 1.165) is 28.1 Å². The lowest BCUT2D eigenvalue weighted by Crippen LogP contribution is -2.30. The summed E-state index contributed by atoms with van der Waals surface area (Å²) in [5.41, 5.74) is 4.31. The van der Waals surface area contributed by atoms with E-state index in [-0.39, 0.29) is 11.9 Å². The van der Waals surface area contributed by atoms with Crippen molar-refractivity contribution < 1.29 is 4.79 Å². The minimum Gasteiger partial charge on any atom is -0.320 e. The number of carbonyl (C=O) groups excluding carboxylic acids is 1. The van der Waals surface area contributed by atoms with Gasteiger partial charge in [-0.25, -0.2) is 0 Å². The molecule has 3 heterocycles. The Morgan fingerprint density at radius 3 is 2.85 bits per heavy atom. The highest BCUT2D eigenvalue weighted by Crippen LogP contribution is 2.36. The Bertz CT molecular complexity index is 1050. The van der Waals surface area contributed by atoms with Crippen LogP contribution in [0, 0.1) is 18.8 Å². The summed E-state index contributed by atoms with van der Waals surface area (Å²) in [6.45, 7) is 2.23. The van der Waals surface area contributed by atoms with Gasteiger partial charge in [-0.2, -0.15) is 10.2 Å². The molecular weight excluding hydrogens is 362 g/mol. The molecule has 1 unspecified atom stereocenters. The average Bonchev–Trinajstić information content (AvgIpc) is 3.30. The molecule has 27 heavy (non-hydrogen) atoms. The van der Waals surface area contributed by atoms with Crippen LogP contribution in [0.25, 0.3) is 0 Å². The number of carbonyl (C=O) groups is 1. The first kappa shape index (κ1) is 17.4. The second kappa shape index (κ2) is 6.93. The summed E-state index contributed by atoms with van der Waals surface area (Å²) in [7, 11) is 1.86. The molecule has 0 fully saturated rings. The van der Waals surface area contributed by atoms with Crippen LogP contribution in [-0.4, -0.2) is 37.3 Å². The predicted molar refractivity (Wildman–Crippen MR) is 102 cm³/mol. The standard InChI is InChI=1S/C20H18ClN5O/c1-13-14(11-22-24-13)6-5-9-26-18(10-19-17(21)12-23-25(19)2)15-7-3-4-8-16(15)20(26)27/h3-4,7-8,11-12,18H,9-10H2,1-2H3,(H,22,24). The fourth-order valence-electron chi connectivity index (χ4n) is 3.40. The minimum absolute atomic E-state index is 0.00731. The molecule has 4 rings (SSSR count). The van der Waals surface area contributed by atoms with Gasteiger partial charge in [-0.1, -0.05) is 41.6 Å². The van der Waals surface area contributed by atoms with E-state index in [4.69, 9.17) is 11.6 Å². The third-order valence-electron chi connectivity index (χ3n) is 4.89. The van der Waals surface area contributed by atoms with Crippen LogP contribution in [0.1, 0.15) is 38.9 Å². The lowest BCUT2D eigenvalue weighted by molar-refractivity contribution is 0.0750. The van der Waals surface area contributed by atoms with Gasteiger partial charge in [0.25, 0.3) is 5.91 Å². The molecule has 1 aromatic carbocycles. The molecule has 1 atom stereocenters. The van der Waals surface area contributed by atoms with Gasteiger partial charge in [0.2, 0.25) is 0 Å². The number of hydrogen-bond donors (Lipinski definition) is 1. The van der Waals surface area contributed by atoms with Crippen molar-refractivity contribution in [1.82, 2.24) is 24.9 Å². The van der Waals surface area contributed by atoms with E-state index in [1.54, 1.807) is 22.0 Å². The summed E-state index contributed by atoms with van der Waals surface area (Å²) in [5, 5.41) is 11.7. The molecule has 1 aliphatic heterocycles. The molecule has 1 N–H and O–H groups in total. The quantitative estimate of drug-likeness (QED) is 0.711. The van der Waals surface area contributed by atoms with Gasteiger partial charge in [0, 0.05) is 25.2 Å². The number of aromatic amines is 1. The first-order chi connectivity index (χ1) is 13.1. The molecule has 0 spiro atoms. The van der Waals surface area contributed by atoms with Gasteiger partial charge in [-0.05, 0) is 18.6 Å². The summed E-state index contributed by atoms with van der Waals surface area (Å²) < 4.78 is 1.76. The van der Waals surface area contributed by atoms with Gasteiger partial charge in [-0.15, -0.1) is 0 Å². The van der Waals surface area contributed by atoms with Crippen LogP contribution < -0.4 is 0 Å². The number of hydrogen-bond acceptors (Lipinski definition) is 3. The van der Waals surface area contributed by atoms with Crippen molar-refractivity contribution in [3.63, 3.8) is 0 Å². The van der Waals surface area contributed by atoms with E-state index in [1.807, 2.05) is 38.2 Å². The number of halogens is 1. The molecule has 1 aliphatic rings. The topological polar surface area (TPSA) is 66.8 Å². The number of benzene rings is 1. The molecule has 7 heteroatoms. The zero-order valence-electron chi connectivity index (χ0n) is 15.0. The van der Waals surface area contributed by atoms with Crippen LogP contribution in [0.2, 0.25) is 5.02 Å². The normalized spacial score (nSPS) is 15.6. The Kier molecular flexibility index (Phi) is 4.46. The highest BCUT2D eigenvalue weighted by Gasteiger charge is 2.36. The second-order valence-electron chi connectivity index (χ2n) is 6.49. The van der Waals surface area contributed by atoms with Crippen molar-refractivity contribution in [1.29, 1.82) is 0 Å². The van der Waals surface area contributed by atoms with E-state index < -0.39 is 0 Å². The molecular formula is C20H18ClN5O. The number of fused-ring (bicyclic) bond motifs is 1. The number of amides is 1. The van der Waals surface area contributed by atoms with Crippen LogP contribution >= 0.6 is 11.6 Å². The van der Waals surface area contributed by atoms with Crippen LogP contribution in [0.5, 0.6) is 0 Å². The summed E-state index contributed by atoms with van der Waals surface area (Å²) in [6, 6.07) is 7.57. The smallest absolute Gasteiger partial charge is 0.255 e. The summed E-state index contributed by atoms with van der Waals surface area (Å²) in [5.74, 6) is 6.20. The first-order valence-electron chi connectivity index (χ1n) is 8.61. The Hall–Kier alpha value is -3.04. The lowest BCUT2D eigenvalue weighted by Gasteiger charge is -2.23. The van der Waals surface area contributed by atoms with Gasteiger partial charge >= 0.3 is 0 Å². The first-order valence-corrected chi connectivity index (χ1v) is 8.99.